The van der Waals surface area contributed by atoms with Crippen molar-refractivity contribution < 1.29 is 12.6 Å². The van der Waals surface area contributed by atoms with Gasteiger partial charge < -0.3 is 8.98 Å². The van der Waals surface area contributed by atoms with Gasteiger partial charge >= 0.3 is 0 Å². The van der Waals surface area contributed by atoms with Gasteiger partial charge in [-0.3, -0.25) is 0 Å². The molecule has 0 atom stereocenters. The lowest BCUT2D eigenvalue weighted by Gasteiger charge is -2.19. The van der Waals surface area contributed by atoms with Gasteiger partial charge in [0, 0.05) is 49.4 Å². The Morgan fingerprint density at radius 1 is 0.371 bits per heavy atom. The van der Waals surface area contributed by atoms with E-state index in [1.807, 2.05) is 121 Å². The number of para-hydroxylation sites is 5. The molecule has 0 N–H and O–H groups in total. The van der Waals surface area contributed by atoms with Crippen LogP contribution >= 0.6 is 0 Å². The predicted molar refractivity (Wildman–Crippen MR) is 254 cm³/mol. The number of hydrogen-bond donors (Lipinski definition) is 0. The number of hydrogen-bond acceptors (Lipinski definition) is 4. The molecule has 0 saturated heterocycles. The summed E-state index contributed by atoms with van der Waals surface area (Å²) in [6.45, 7) is 0. The van der Waals surface area contributed by atoms with Gasteiger partial charge in [0.15, 0.2) is 17.5 Å². The number of nitrogens with zero attached hydrogens (tertiary/aromatic N) is 4. The first-order valence-electron chi connectivity index (χ1n) is 23.4. The summed E-state index contributed by atoms with van der Waals surface area (Å²) in [6, 6.07) is 57.6. The van der Waals surface area contributed by atoms with Crippen LogP contribution in [-0.2, 0) is 0 Å². The van der Waals surface area contributed by atoms with Crippen molar-refractivity contribution in [1.82, 2.24) is 19.5 Å². The maximum atomic E-state index is 9.49. The van der Waals surface area contributed by atoms with Gasteiger partial charge in [0.05, 0.1) is 24.9 Å². The second kappa shape index (κ2) is 14.7. The molecule has 0 radical (unpaired) electrons. The lowest BCUT2D eigenvalue weighted by molar-refractivity contribution is 0.670. The number of rotatable bonds is 7. The quantitative estimate of drug-likeness (QED) is 0.161. The van der Waals surface area contributed by atoms with E-state index >= 15 is 0 Å². The zero-order chi connectivity index (χ0) is 46.2. The summed E-state index contributed by atoms with van der Waals surface area (Å²) in [5.74, 6) is 1.11. The molecule has 0 aliphatic rings. The van der Waals surface area contributed by atoms with Gasteiger partial charge in [0.2, 0.25) is 0 Å². The third-order valence-electron chi connectivity index (χ3n) is 11.4. The van der Waals surface area contributed by atoms with Gasteiger partial charge in [-0.2, -0.15) is 0 Å². The van der Waals surface area contributed by atoms with Crippen LogP contribution in [0.3, 0.4) is 0 Å². The van der Waals surface area contributed by atoms with E-state index in [4.69, 9.17) is 22.1 Å². The Morgan fingerprint density at radius 3 is 1.50 bits per heavy atom. The molecule has 0 aliphatic heterocycles. The van der Waals surface area contributed by atoms with Crippen LogP contribution in [0.5, 0.6) is 0 Å². The lowest BCUT2D eigenvalue weighted by Crippen LogP contribution is -2.05. The zero-order valence-corrected chi connectivity index (χ0v) is 33.0. The Bertz CT molecular complexity index is 3830. The molecule has 3 aromatic heterocycles. The lowest BCUT2D eigenvalue weighted by atomic mass is 9.97. The molecular weight excluding hydrogens is 757 g/mol. The summed E-state index contributed by atoms with van der Waals surface area (Å²) < 4.78 is 63.4. The maximum Gasteiger partial charge on any atom is 0.166 e. The Morgan fingerprint density at radius 2 is 0.855 bits per heavy atom. The molecular formula is C57H36N4O. The van der Waals surface area contributed by atoms with Gasteiger partial charge in [-0.25, -0.2) is 15.0 Å². The second-order valence-corrected chi connectivity index (χ2v) is 15.1. The Balaban J connectivity index is 1.22. The number of benzene rings is 9. The van der Waals surface area contributed by atoms with Gasteiger partial charge in [-0.05, 0) is 58.6 Å². The molecule has 290 valence electrons. The molecule has 5 nitrogen and oxygen atoms in total. The minimum Gasteiger partial charge on any atom is -0.455 e. The highest BCUT2D eigenvalue weighted by Crippen LogP contribution is 2.44. The maximum absolute atomic E-state index is 9.49. The highest BCUT2D eigenvalue weighted by Gasteiger charge is 2.24. The van der Waals surface area contributed by atoms with E-state index in [1.165, 1.54) is 12.1 Å². The van der Waals surface area contributed by atoms with E-state index in [0.29, 0.717) is 45.2 Å². The first kappa shape index (κ1) is 29.7. The van der Waals surface area contributed by atoms with Crippen LogP contribution < -0.4 is 0 Å². The molecule has 0 aliphatic carbocycles. The average molecular weight is 799 g/mol. The van der Waals surface area contributed by atoms with Crippen molar-refractivity contribution in [2.75, 3.05) is 0 Å². The van der Waals surface area contributed by atoms with Crippen LogP contribution in [0.2, 0.25) is 0 Å². The number of aromatic nitrogens is 4. The zero-order valence-electron chi connectivity index (χ0n) is 39.0. The molecule has 0 unspecified atom stereocenters. The number of furan rings is 1. The Hall–Kier alpha value is -8.41. The van der Waals surface area contributed by atoms with Crippen molar-refractivity contribution in [2.45, 2.75) is 0 Å². The Labute approximate surface area is 366 Å². The highest BCUT2D eigenvalue weighted by molar-refractivity contribution is 6.13. The summed E-state index contributed by atoms with van der Waals surface area (Å²) in [5.41, 5.74) is 9.56. The van der Waals surface area contributed by atoms with E-state index in [9.17, 15) is 5.48 Å². The highest BCUT2D eigenvalue weighted by atomic mass is 16.3. The Kier molecular flexibility index (Phi) is 7.05. The molecule has 12 aromatic rings. The fourth-order valence-electron chi connectivity index (χ4n) is 8.57. The van der Waals surface area contributed by atoms with E-state index in [0.717, 1.165) is 44.2 Å². The summed E-state index contributed by atoms with van der Waals surface area (Å²) in [4.78, 5) is 15.8. The van der Waals surface area contributed by atoms with Crippen molar-refractivity contribution in [1.29, 1.82) is 0 Å². The molecule has 9 aromatic carbocycles. The normalized spacial score (nSPS) is 12.9. The average Bonchev–Trinajstić information content (AvgIpc) is 3.95. The van der Waals surface area contributed by atoms with Crippen LogP contribution in [0.1, 0.15) is 8.22 Å². The molecule has 0 saturated carbocycles. The van der Waals surface area contributed by atoms with Crippen LogP contribution in [-0.4, -0.2) is 19.5 Å². The predicted octanol–water partition coefficient (Wildman–Crippen LogP) is 14.9. The minimum absolute atomic E-state index is 0.0855. The largest absolute Gasteiger partial charge is 0.455 e. The van der Waals surface area contributed by atoms with Crippen LogP contribution in [0.4, 0.5) is 0 Å². The van der Waals surface area contributed by atoms with Gasteiger partial charge in [0.25, 0.3) is 0 Å². The smallest absolute Gasteiger partial charge is 0.166 e. The third kappa shape index (κ3) is 5.98. The van der Waals surface area contributed by atoms with E-state index in [-0.39, 0.29) is 63.9 Å². The SMILES string of the molecule is [2H]c1cc([2H])c2c(c1[2H])c1c([2H])c([2H])cc([2H])c1n2-c1c(-c2nc(-c3cccc(-c4ccccc4)c3)nc(-c3cccc(-c4ccccc4)c3)n2)cccc1-c1cccc2c1oc1ccccc12. The van der Waals surface area contributed by atoms with Crippen molar-refractivity contribution in [3.63, 3.8) is 0 Å². The van der Waals surface area contributed by atoms with Crippen molar-refractivity contribution in [3.05, 3.63) is 218 Å². The summed E-state index contributed by atoms with van der Waals surface area (Å²) in [6.07, 6.45) is 0. The molecule has 0 bridgehead atoms. The second-order valence-electron chi connectivity index (χ2n) is 15.1. The fraction of sp³-hybridized carbons (Fsp3) is 0. The van der Waals surface area contributed by atoms with Crippen molar-refractivity contribution in [2.24, 2.45) is 0 Å². The van der Waals surface area contributed by atoms with E-state index < -0.39 is 0 Å². The van der Waals surface area contributed by atoms with Gasteiger partial charge in [-0.15, -0.1) is 0 Å². The summed E-state index contributed by atoms with van der Waals surface area (Å²) in [7, 11) is 0. The number of fused-ring (bicyclic) bond motifs is 6. The molecule has 0 spiro atoms. The first-order chi connectivity index (χ1) is 33.2. The van der Waals surface area contributed by atoms with Crippen LogP contribution in [0, 0.1) is 0 Å². The van der Waals surface area contributed by atoms with Gasteiger partial charge in [-0.1, -0.05) is 182 Å². The molecule has 3 heterocycles. The van der Waals surface area contributed by atoms with Crippen LogP contribution in [0.15, 0.2) is 223 Å². The molecule has 5 heteroatoms. The van der Waals surface area contributed by atoms with Crippen LogP contribution in [0.25, 0.3) is 117 Å². The van der Waals surface area contributed by atoms with E-state index in [1.54, 1.807) is 4.57 Å². The fourth-order valence-corrected chi connectivity index (χ4v) is 8.57. The first-order valence-corrected chi connectivity index (χ1v) is 20.4. The minimum atomic E-state index is -0.210. The summed E-state index contributed by atoms with van der Waals surface area (Å²) >= 11 is 0. The molecule has 0 fully saturated rings. The summed E-state index contributed by atoms with van der Waals surface area (Å²) in [5, 5.41) is 2.10. The van der Waals surface area contributed by atoms with E-state index in [2.05, 4.69) is 48.5 Å². The topological polar surface area (TPSA) is 56.7 Å². The monoisotopic (exact) mass is 798 g/mol. The molecule has 0 amide bonds. The molecule has 62 heavy (non-hydrogen) atoms. The van der Waals surface area contributed by atoms with Crippen molar-refractivity contribution >= 4 is 43.7 Å². The third-order valence-corrected chi connectivity index (χ3v) is 11.4. The van der Waals surface area contributed by atoms with Gasteiger partial charge in [0.1, 0.15) is 11.2 Å². The molecule has 12 rings (SSSR count). The van der Waals surface area contributed by atoms with Crippen molar-refractivity contribution in [3.8, 4) is 73.2 Å². The standard InChI is InChI=1S/C57H36N4O/c1-3-17-37(18-4-1)39-21-13-23-41(35-39)55-58-56(42-24-14-22-40(36-42)38-19-5-2-6-20-38)60-57(59-55)49-31-15-28-46(48-30-16-29-47-45-27-9-12-34-52(45)62-54(47)48)53(49)61-50-32-10-7-25-43(50)44-26-8-11-33-51(44)61/h1-36H/i7D,8D,25D,26D,32D,33D.